The molecule has 9 nitrogen and oxygen atoms in total. The first kappa shape index (κ1) is 25.4. The van der Waals surface area contributed by atoms with Crippen LogP contribution >= 0.6 is 11.3 Å². The molecule has 1 aliphatic rings. The highest BCUT2D eigenvalue weighted by Gasteiger charge is 2.48. The number of thiophene rings is 1. The number of hydrogen-bond acceptors (Lipinski definition) is 6. The van der Waals surface area contributed by atoms with Crippen molar-refractivity contribution in [3.63, 3.8) is 0 Å². The van der Waals surface area contributed by atoms with Gasteiger partial charge in [-0.2, -0.15) is 0 Å². The fourth-order valence-corrected chi connectivity index (χ4v) is 5.09. The minimum Gasteiger partial charge on any atom is -0.497 e. The van der Waals surface area contributed by atoms with E-state index in [2.05, 4.69) is 15.6 Å². The van der Waals surface area contributed by atoms with Gasteiger partial charge in [-0.25, -0.2) is 4.98 Å². The predicted octanol–water partition coefficient (Wildman–Crippen LogP) is 2.87. The first-order chi connectivity index (χ1) is 17.4. The topological polar surface area (TPSA) is 106 Å². The predicted molar refractivity (Wildman–Crippen MR) is 137 cm³/mol. The zero-order valence-corrected chi connectivity index (χ0v) is 21.6. The van der Waals surface area contributed by atoms with E-state index >= 15 is 0 Å². The molecule has 10 heteroatoms. The van der Waals surface area contributed by atoms with Gasteiger partial charge in [0.25, 0.3) is 11.8 Å². The van der Waals surface area contributed by atoms with Gasteiger partial charge in [0.2, 0.25) is 5.91 Å². The summed E-state index contributed by atoms with van der Waals surface area (Å²) in [7, 11) is 1.60. The van der Waals surface area contributed by atoms with Crippen molar-refractivity contribution in [2.24, 2.45) is 0 Å². The number of carbonyl (C=O) groups is 3. The third-order valence-corrected chi connectivity index (χ3v) is 7.30. The van der Waals surface area contributed by atoms with Crippen molar-refractivity contribution >= 4 is 29.1 Å². The lowest BCUT2D eigenvalue weighted by molar-refractivity contribution is -0.133. The second kappa shape index (κ2) is 10.9. The molecule has 0 spiro atoms. The Morgan fingerprint density at radius 1 is 1.19 bits per heavy atom. The number of fused-ring (bicyclic) bond motifs is 1. The van der Waals surface area contributed by atoms with Gasteiger partial charge in [-0.15, -0.1) is 11.3 Å². The summed E-state index contributed by atoms with van der Waals surface area (Å²) < 4.78 is 6.80. The Hall–Kier alpha value is -3.66. The van der Waals surface area contributed by atoms with E-state index in [-0.39, 0.29) is 29.7 Å². The molecule has 3 aromatic rings. The van der Waals surface area contributed by atoms with Crippen LogP contribution in [0.2, 0.25) is 0 Å². The lowest BCUT2D eigenvalue weighted by Crippen LogP contribution is -2.64. The summed E-state index contributed by atoms with van der Waals surface area (Å²) in [6, 6.07) is 11.4. The lowest BCUT2D eigenvalue weighted by Gasteiger charge is -2.43. The van der Waals surface area contributed by atoms with E-state index in [9.17, 15) is 14.4 Å². The number of methoxy groups -OCH3 is 1. The molecule has 1 atom stereocenters. The lowest BCUT2D eigenvalue weighted by atomic mass is 9.94. The van der Waals surface area contributed by atoms with Crippen LogP contribution in [-0.4, -0.2) is 57.9 Å². The Kier molecular flexibility index (Phi) is 7.73. The van der Waals surface area contributed by atoms with Gasteiger partial charge in [-0.3, -0.25) is 14.4 Å². The van der Waals surface area contributed by atoms with Crippen LogP contribution in [0.25, 0.3) is 0 Å². The highest BCUT2D eigenvalue weighted by atomic mass is 32.1. The smallest absolute Gasteiger partial charge is 0.273 e. The van der Waals surface area contributed by atoms with Crippen LogP contribution in [0.4, 0.5) is 0 Å². The number of benzene rings is 1. The Bertz CT molecular complexity index is 1220. The summed E-state index contributed by atoms with van der Waals surface area (Å²) in [6.07, 6.45) is 2.85. The standard InChI is InChI=1S/C26H31N5O4S/c1-4-13-31-24(33)22-21(23(32)27-12-11-20-6-5-14-36-20)29-17-30(22)16-26(31,2)25(34)28-15-18-7-9-19(35-3)10-8-18/h5-10,14,17H,4,11-13,15-16H2,1-3H3,(H,27,32)(H,28,34)/t26-/m1/s1. The van der Waals surface area contributed by atoms with Crippen LogP contribution in [0.1, 0.15) is 51.7 Å². The maximum absolute atomic E-state index is 13.6. The van der Waals surface area contributed by atoms with E-state index in [1.165, 1.54) is 11.2 Å². The van der Waals surface area contributed by atoms with Crippen LogP contribution in [0.3, 0.4) is 0 Å². The van der Waals surface area contributed by atoms with E-state index in [1.54, 1.807) is 34.8 Å². The maximum atomic E-state index is 13.6. The van der Waals surface area contributed by atoms with E-state index in [0.717, 1.165) is 11.3 Å². The molecule has 0 saturated carbocycles. The first-order valence-electron chi connectivity index (χ1n) is 12.0. The molecule has 4 rings (SSSR count). The summed E-state index contributed by atoms with van der Waals surface area (Å²) in [6.45, 7) is 5.07. The average molecular weight is 510 g/mol. The second-order valence-corrected chi connectivity index (χ2v) is 9.95. The Morgan fingerprint density at radius 3 is 2.64 bits per heavy atom. The van der Waals surface area contributed by atoms with Gasteiger partial charge in [0.05, 0.1) is 20.0 Å². The van der Waals surface area contributed by atoms with E-state index in [0.29, 0.717) is 32.5 Å². The summed E-state index contributed by atoms with van der Waals surface area (Å²) in [5.74, 6) is -0.284. The fourth-order valence-electron chi connectivity index (χ4n) is 4.38. The number of rotatable bonds is 10. The van der Waals surface area contributed by atoms with Crippen molar-refractivity contribution in [1.29, 1.82) is 0 Å². The number of aromatic nitrogens is 2. The molecule has 1 aliphatic heterocycles. The number of ether oxygens (including phenoxy) is 1. The van der Waals surface area contributed by atoms with Crippen LogP contribution < -0.4 is 15.4 Å². The Morgan fingerprint density at radius 2 is 1.97 bits per heavy atom. The SMILES string of the molecule is CCCN1C(=O)c2c(C(=O)NCCc3cccs3)ncn2C[C@]1(C)C(=O)NCc1ccc(OC)cc1. The van der Waals surface area contributed by atoms with Gasteiger partial charge in [0.1, 0.15) is 17.0 Å². The minimum atomic E-state index is -1.12. The third-order valence-electron chi connectivity index (χ3n) is 6.36. The van der Waals surface area contributed by atoms with E-state index in [4.69, 9.17) is 4.74 Å². The van der Waals surface area contributed by atoms with E-state index < -0.39 is 11.4 Å². The molecule has 190 valence electrons. The molecule has 0 bridgehead atoms. The number of imidazole rings is 1. The van der Waals surface area contributed by atoms with Crippen molar-refractivity contribution in [3.05, 3.63) is 69.9 Å². The summed E-state index contributed by atoms with van der Waals surface area (Å²) in [4.78, 5) is 46.9. The van der Waals surface area contributed by atoms with Crippen LogP contribution in [0.5, 0.6) is 5.75 Å². The molecule has 3 heterocycles. The van der Waals surface area contributed by atoms with Gasteiger partial charge in [-0.05, 0) is 48.9 Å². The van der Waals surface area contributed by atoms with Gasteiger partial charge >= 0.3 is 0 Å². The van der Waals surface area contributed by atoms with Crippen molar-refractivity contribution < 1.29 is 19.1 Å². The van der Waals surface area contributed by atoms with Crippen LogP contribution in [0, 0.1) is 0 Å². The molecule has 0 unspecified atom stereocenters. The minimum absolute atomic E-state index is 0.0907. The zero-order valence-electron chi connectivity index (χ0n) is 20.7. The molecule has 0 fully saturated rings. The van der Waals surface area contributed by atoms with Gasteiger partial charge in [0, 0.05) is 24.5 Å². The van der Waals surface area contributed by atoms with E-state index in [1.807, 2.05) is 48.7 Å². The van der Waals surface area contributed by atoms with Gasteiger partial charge in [-0.1, -0.05) is 25.1 Å². The monoisotopic (exact) mass is 509 g/mol. The molecule has 2 aromatic heterocycles. The fraction of sp³-hybridized carbons (Fsp3) is 0.385. The van der Waals surface area contributed by atoms with Crippen molar-refractivity contribution in [3.8, 4) is 5.75 Å². The summed E-state index contributed by atoms with van der Waals surface area (Å²) >= 11 is 1.63. The average Bonchev–Trinajstić information content (AvgIpc) is 3.55. The maximum Gasteiger partial charge on any atom is 0.273 e. The van der Waals surface area contributed by atoms with Crippen LogP contribution in [0.15, 0.2) is 48.1 Å². The molecule has 36 heavy (non-hydrogen) atoms. The van der Waals surface area contributed by atoms with Gasteiger partial charge < -0.3 is 24.8 Å². The molecule has 1 aromatic carbocycles. The van der Waals surface area contributed by atoms with Crippen molar-refractivity contribution in [1.82, 2.24) is 25.1 Å². The highest BCUT2D eigenvalue weighted by Crippen LogP contribution is 2.29. The number of nitrogens with one attached hydrogen (secondary N) is 2. The normalized spacial score (nSPS) is 17.0. The number of amides is 3. The molecule has 0 radical (unpaired) electrons. The van der Waals surface area contributed by atoms with Crippen LogP contribution in [-0.2, 0) is 24.3 Å². The number of nitrogens with zero attached hydrogens (tertiary/aromatic N) is 3. The molecule has 3 amide bonds. The van der Waals surface area contributed by atoms with Crippen molar-refractivity contribution in [2.45, 2.75) is 45.3 Å². The number of hydrogen-bond donors (Lipinski definition) is 2. The van der Waals surface area contributed by atoms with Crippen molar-refractivity contribution in [2.75, 3.05) is 20.2 Å². The zero-order chi connectivity index (χ0) is 25.7. The first-order valence-corrected chi connectivity index (χ1v) is 12.8. The third kappa shape index (κ3) is 5.13. The number of carbonyl (C=O) groups excluding carboxylic acids is 3. The summed E-state index contributed by atoms with van der Waals surface area (Å²) in [5, 5.41) is 7.83. The molecular weight excluding hydrogens is 478 g/mol. The summed E-state index contributed by atoms with van der Waals surface area (Å²) in [5.41, 5.74) is 0.104. The molecular formula is C26H31N5O4S. The molecule has 2 N–H and O–H groups in total. The Balaban J connectivity index is 1.49. The quantitative estimate of drug-likeness (QED) is 0.437. The largest absolute Gasteiger partial charge is 0.497 e. The second-order valence-electron chi connectivity index (χ2n) is 8.92. The molecule has 0 saturated heterocycles. The van der Waals surface area contributed by atoms with Gasteiger partial charge in [0.15, 0.2) is 5.69 Å². The Labute approximate surface area is 214 Å². The molecule has 0 aliphatic carbocycles. The highest BCUT2D eigenvalue weighted by molar-refractivity contribution is 7.09.